The van der Waals surface area contributed by atoms with Crippen molar-refractivity contribution in [2.45, 2.75) is 23.8 Å². The zero-order valence-electron chi connectivity index (χ0n) is 10.5. The zero-order chi connectivity index (χ0) is 13.2. The van der Waals surface area contributed by atoms with Crippen molar-refractivity contribution in [2.75, 3.05) is 17.2 Å². The van der Waals surface area contributed by atoms with Gasteiger partial charge in [0.2, 0.25) is 0 Å². The molecule has 4 nitrogen and oxygen atoms in total. The monoisotopic (exact) mass is 313 g/mol. The van der Waals surface area contributed by atoms with Crippen LogP contribution < -0.4 is 5.73 Å². The van der Waals surface area contributed by atoms with Crippen LogP contribution in [0.1, 0.15) is 24.4 Å². The Morgan fingerprint density at radius 2 is 2.26 bits per heavy atom. The minimum atomic E-state index is 0.336. The first kappa shape index (κ1) is 13.3. The SMILES string of the molecule is CCC1SCCSC1c1noc(-c2sccc2N)n1. The van der Waals surface area contributed by atoms with E-state index in [1.807, 2.05) is 35.0 Å². The van der Waals surface area contributed by atoms with Crippen molar-refractivity contribution in [3.05, 3.63) is 17.3 Å². The van der Waals surface area contributed by atoms with Crippen LogP contribution in [-0.2, 0) is 0 Å². The van der Waals surface area contributed by atoms with Crippen LogP contribution in [-0.4, -0.2) is 26.9 Å². The molecular formula is C12H15N3OS3. The van der Waals surface area contributed by atoms with E-state index < -0.39 is 0 Å². The summed E-state index contributed by atoms with van der Waals surface area (Å²) in [4.78, 5) is 5.43. The summed E-state index contributed by atoms with van der Waals surface area (Å²) in [7, 11) is 0. The van der Waals surface area contributed by atoms with Gasteiger partial charge < -0.3 is 10.3 Å². The Kier molecular flexibility index (Phi) is 4.04. The van der Waals surface area contributed by atoms with E-state index in [-0.39, 0.29) is 0 Å². The van der Waals surface area contributed by atoms with Crippen LogP contribution in [0.4, 0.5) is 5.69 Å². The third-order valence-electron chi connectivity index (χ3n) is 3.04. The molecule has 0 aromatic carbocycles. The Balaban J connectivity index is 1.86. The number of aromatic nitrogens is 2. The summed E-state index contributed by atoms with van der Waals surface area (Å²) >= 11 is 5.48. The van der Waals surface area contributed by atoms with Gasteiger partial charge in [0, 0.05) is 16.8 Å². The summed E-state index contributed by atoms with van der Waals surface area (Å²) in [5.41, 5.74) is 6.59. The van der Waals surface area contributed by atoms with Crippen LogP contribution >= 0.6 is 34.9 Å². The molecule has 3 heterocycles. The molecule has 0 bridgehead atoms. The van der Waals surface area contributed by atoms with E-state index in [0.717, 1.165) is 22.9 Å². The molecule has 102 valence electrons. The first-order valence-corrected chi connectivity index (χ1v) is 9.17. The predicted molar refractivity (Wildman–Crippen MR) is 83.8 cm³/mol. The number of nitrogen functional groups attached to an aromatic ring is 1. The summed E-state index contributed by atoms with van der Waals surface area (Å²) in [6.45, 7) is 2.22. The van der Waals surface area contributed by atoms with Crippen molar-refractivity contribution in [3.63, 3.8) is 0 Å². The fourth-order valence-electron chi connectivity index (χ4n) is 2.08. The summed E-state index contributed by atoms with van der Waals surface area (Å²) in [5, 5.41) is 7.01. The maximum absolute atomic E-state index is 5.89. The molecule has 1 aliphatic rings. The van der Waals surface area contributed by atoms with Gasteiger partial charge in [-0.1, -0.05) is 12.1 Å². The normalized spacial score (nSPS) is 23.6. The Labute approximate surface area is 124 Å². The van der Waals surface area contributed by atoms with Crippen molar-refractivity contribution in [1.82, 2.24) is 10.1 Å². The van der Waals surface area contributed by atoms with Gasteiger partial charge in [-0.3, -0.25) is 0 Å². The average Bonchev–Trinajstić information content (AvgIpc) is 3.07. The van der Waals surface area contributed by atoms with Gasteiger partial charge in [0.05, 0.1) is 10.9 Å². The number of hydrogen-bond donors (Lipinski definition) is 1. The van der Waals surface area contributed by atoms with Crippen LogP contribution in [0.5, 0.6) is 0 Å². The third-order valence-corrected chi connectivity index (χ3v) is 7.20. The number of rotatable bonds is 3. The average molecular weight is 313 g/mol. The van der Waals surface area contributed by atoms with Crippen LogP contribution in [0, 0.1) is 0 Å². The van der Waals surface area contributed by atoms with Gasteiger partial charge in [-0.25, -0.2) is 0 Å². The summed E-state index contributed by atoms with van der Waals surface area (Å²) in [6, 6.07) is 1.87. The minimum Gasteiger partial charge on any atom is -0.397 e. The molecule has 2 aromatic rings. The smallest absolute Gasteiger partial charge is 0.270 e. The second-order valence-electron chi connectivity index (χ2n) is 4.27. The highest BCUT2D eigenvalue weighted by Crippen LogP contribution is 2.43. The van der Waals surface area contributed by atoms with Crippen molar-refractivity contribution >= 4 is 40.5 Å². The fraction of sp³-hybridized carbons (Fsp3) is 0.500. The number of anilines is 1. The van der Waals surface area contributed by atoms with Crippen molar-refractivity contribution in [2.24, 2.45) is 0 Å². The molecule has 3 rings (SSSR count). The third kappa shape index (κ3) is 2.64. The van der Waals surface area contributed by atoms with E-state index >= 15 is 0 Å². The predicted octanol–water partition coefficient (Wildman–Crippen LogP) is 3.68. The molecule has 7 heteroatoms. The van der Waals surface area contributed by atoms with E-state index in [1.54, 1.807) is 0 Å². The van der Waals surface area contributed by atoms with Gasteiger partial charge in [0.15, 0.2) is 5.82 Å². The molecule has 2 N–H and O–H groups in total. The Morgan fingerprint density at radius 3 is 3.00 bits per heavy atom. The Morgan fingerprint density at radius 1 is 1.42 bits per heavy atom. The first-order chi connectivity index (χ1) is 9.29. The standard InChI is InChI=1S/C12H15N3OS3/c1-2-8-10(19-6-5-17-8)11-14-12(16-15-11)9-7(13)3-4-18-9/h3-4,8,10H,2,5-6,13H2,1H3. The summed E-state index contributed by atoms with van der Waals surface area (Å²) in [5.74, 6) is 3.72. The van der Waals surface area contributed by atoms with Crippen molar-refractivity contribution in [3.8, 4) is 10.8 Å². The van der Waals surface area contributed by atoms with Crippen molar-refractivity contribution in [1.29, 1.82) is 0 Å². The molecule has 2 unspecified atom stereocenters. The molecule has 0 saturated carbocycles. The molecule has 0 spiro atoms. The molecule has 1 saturated heterocycles. The second-order valence-corrected chi connectivity index (χ2v) is 7.78. The van der Waals surface area contributed by atoms with Crippen LogP contribution in [0.25, 0.3) is 10.8 Å². The number of thioether (sulfide) groups is 2. The Bertz CT molecular complexity index is 554. The van der Waals surface area contributed by atoms with Gasteiger partial charge in [-0.15, -0.1) is 23.1 Å². The molecule has 19 heavy (non-hydrogen) atoms. The lowest BCUT2D eigenvalue weighted by atomic mass is 10.2. The maximum Gasteiger partial charge on any atom is 0.270 e. The molecule has 0 amide bonds. The van der Waals surface area contributed by atoms with Crippen LogP contribution in [0.3, 0.4) is 0 Å². The van der Waals surface area contributed by atoms with E-state index in [1.165, 1.54) is 17.1 Å². The first-order valence-electron chi connectivity index (χ1n) is 6.19. The van der Waals surface area contributed by atoms with E-state index in [4.69, 9.17) is 10.3 Å². The van der Waals surface area contributed by atoms with Gasteiger partial charge in [-0.05, 0) is 17.9 Å². The summed E-state index contributed by atoms with van der Waals surface area (Å²) < 4.78 is 5.38. The number of nitrogens with zero attached hydrogens (tertiary/aromatic N) is 2. The molecule has 2 atom stereocenters. The summed E-state index contributed by atoms with van der Waals surface area (Å²) in [6.07, 6.45) is 1.13. The largest absolute Gasteiger partial charge is 0.397 e. The molecule has 1 aliphatic heterocycles. The second kappa shape index (κ2) is 5.76. The Hall–Kier alpha value is -0.660. The topological polar surface area (TPSA) is 64.9 Å². The van der Waals surface area contributed by atoms with Gasteiger partial charge >= 0.3 is 0 Å². The fourth-order valence-corrected chi connectivity index (χ4v) is 5.80. The highest BCUT2D eigenvalue weighted by atomic mass is 32.2. The lowest BCUT2D eigenvalue weighted by Crippen LogP contribution is -2.19. The molecular weight excluding hydrogens is 298 g/mol. The van der Waals surface area contributed by atoms with E-state index in [2.05, 4.69) is 17.1 Å². The molecule has 0 aliphatic carbocycles. The molecule has 1 fully saturated rings. The van der Waals surface area contributed by atoms with E-state index in [0.29, 0.717) is 22.1 Å². The quantitative estimate of drug-likeness (QED) is 0.932. The molecule has 0 radical (unpaired) electrons. The number of thiophene rings is 1. The minimum absolute atomic E-state index is 0.336. The number of nitrogens with two attached hydrogens (primary N) is 1. The van der Waals surface area contributed by atoms with Crippen LogP contribution in [0.15, 0.2) is 16.0 Å². The maximum atomic E-state index is 5.89. The number of hydrogen-bond acceptors (Lipinski definition) is 7. The van der Waals surface area contributed by atoms with Crippen molar-refractivity contribution < 1.29 is 4.52 Å². The van der Waals surface area contributed by atoms with Gasteiger partial charge in [-0.2, -0.15) is 16.7 Å². The highest BCUT2D eigenvalue weighted by Gasteiger charge is 2.30. The van der Waals surface area contributed by atoms with Crippen LogP contribution in [0.2, 0.25) is 0 Å². The lowest BCUT2D eigenvalue weighted by Gasteiger charge is -2.27. The zero-order valence-corrected chi connectivity index (χ0v) is 13.0. The highest BCUT2D eigenvalue weighted by molar-refractivity contribution is 8.06. The van der Waals surface area contributed by atoms with Gasteiger partial charge in [0.25, 0.3) is 5.89 Å². The van der Waals surface area contributed by atoms with E-state index in [9.17, 15) is 0 Å². The lowest BCUT2D eigenvalue weighted by molar-refractivity contribution is 0.422. The van der Waals surface area contributed by atoms with Gasteiger partial charge in [0.1, 0.15) is 4.88 Å². The molecule has 2 aromatic heterocycles.